The van der Waals surface area contributed by atoms with Gasteiger partial charge in [-0.1, -0.05) is 12.1 Å². The largest absolute Gasteiger partial charge is 0.311 e. The van der Waals surface area contributed by atoms with E-state index in [0.29, 0.717) is 29.8 Å². The van der Waals surface area contributed by atoms with Crippen molar-refractivity contribution in [1.82, 2.24) is 25.8 Å². The van der Waals surface area contributed by atoms with Crippen LogP contribution in [-0.4, -0.2) is 77.7 Å². The molecule has 0 saturated carbocycles. The zero-order valence-electron chi connectivity index (χ0n) is 16.6. The highest BCUT2D eigenvalue weighted by Gasteiger charge is 2.45. The summed E-state index contributed by atoms with van der Waals surface area (Å²) in [6.45, 7) is 4.41. The Hall–Kier alpha value is -2.62. The monoisotopic (exact) mass is 411 g/mol. The second kappa shape index (κ2) is 7.57. The number of amides is 4. The Kier molecular flexibility index (Phi) is 4.88. The molecule has 3 fully saturated rings. The fourth-order valence-corrected chi connectivity index (χ4v) is 5.02. The maximum Gasteiger partial charge on any atom is 0.262 e. The van der Waals surface area contributed by atoms with E-state index in [-0.39, 0.29) is 18.7 Å². The first kappa shape index (κ1) is 19.3. The zero-order valence-corrected chi connectivity index (χ0v) is 16.6. The number of nitrogens with one attached hydrogen (secondary N) is 3. The predicted octanol–water partition coefficient (Wildman–Crippen LogP) is -0.776. The summed E-state index contributed by atoms with van der Waals surface area (Å²) in [5.41, 5.74) is 1.44. The van der Waals surface area contributed by atoms with Crippen LogP contribution in [0.3, 0.4) is 0 Å². The van der Waals surface area contributed by atoms with E-state index in [4.69, 9.17) is 0 Å². The molecule has 0 aliphatic carbocycles. The Morgan fingerprint density at radius 1 is 1.10 bits per heavy atom. The maximum absolute atomic E-state index is 13.1. The Bertz CT molecular complexity index is 932. The van der Waals surface area contributed by atoms with Crippen molar-refractivity contribution in [2.75, 3.05) is 26.2 Å². The molecule has 4 aliphatic rings. The van der Waals surface area contributed by atoms with E-state index in [1.165, 1.54) is 6.42 Å². The van der Waals surface area contributed by atoms with Gasteiger partial charge in [0.05, 0.1) is 11.1 Å². The van der Waals surface area contributed by atoms with Crippen LogP contribution in [0.5, 0.6) is 0 Å². The molecule has 3 N–H and O–H groups in total. The maximum atomic E-state index is 13.1. The first-order valence-electron chi connectivity index (χ1n) is 10.5. The summed E-state index contributed by atoms with van der Waals surface area (Å²) in [5.74, 6) is -1.89. The van der Waals surface area contributed by atoms with Crippen molar-refractivity contribution in [3.8, 4) is 0 Å². The van der Waals surface area contributed by atoms with Crippen molar-refractivity contribution in [2.45, 2.75) is 43.9 Å². The highest BCUT2D eigenvalue weighted by Crippen LogP contribution is 2.30. The van der Waals surface area contributed by atoms with Gasteiger partial charge in [0.1, 0.15) is 6.04 Å². The van der Waals surface area contributed by atoms with Gasteiger partial charge in [-0.15, -0.1) is 0 Å². The molecule has 5 rings (SSSR count). The zero-order chi connectivity index (χ0) is 20.8. The van der Waals surface area contributed by atoms with Gasteiger partial charge in [-0.3, -0.25) is 34.3 Å². The fourth-order valence-electron chi connectivity index (χ4n) is 5.02. The Morgan fingerprint density at radius 3 is 2.80 bits per heavy atom. The minimum absolute atomic E-state index is 0.116. The molecule has 1 aromatic carbocycles. The highest BCUT2D eigenvalue weighted by atomic mass is 16.2. The van der Waals surface area contributed by atoms with E-state index in [2.05, 4.69) is 20.9 Å². The van der Waals surface area contributed by atoms with Gasteiger partial charge in [0.2, 0.25) is 11.8 Å². The number of piperidine rings is 1. The SMILES string of the molecule is O=C1CCC(N2C(=O)c3cccc(CNCC4CNC5CCN4C5)c3C2=O)C(=O)N1. The summed E-state index contributed by atoms with van der Waals surface area (Å²) in [7, 11) is 0. The lowest BCUT2D eigenvalue weighted by atomic mass is 10.0. The number of fused-ring (bicyclic) bond motifs is 3. The van der Waals surface area contributed by atoms with Gasteiger partial charge in [0.15, 0.2) is 0 Å². The quantitative estimate of drug-likeness (QED) is 0.546. The molecule has 30 heavy (non-hydrogen) atoms. The van der Waals surface area contributed by atoms with Crippen LogP contribution < -0.4 is 16.0 Å². The third-order valence-electron chi connectivity index (χ3n) is 6.63. The van der Waals surface area contributed by atoms with E-state index in [9.17, 15) is 19.2 Å². The van der Waals surface area contributed by atoms with Gasteiger partial charge in [0.25, 0.3) is 11.8 Å². The first-order chi connectivity index (χ1) is 14.5. The van der Waals surface area contributed by atoms with Crippen LogP contribution in [0.1, 0.15) is 45.5 Å². The number of carbonyl (C=O) groups is 4. The van der Waals surface area contributed by atoms with Crippen LogP contribution in [0.4, 0.5) is 0 Å². The second-order valence-corrected chi connectivity index (χ2v) is 8.46. The summed E-state index contributed by atoms with van der Waals surface area (Å²) in [6.07, 6.45) is 1.47. The number of hydrogen-bond donors (Lipinski definition) is 3. The molecule has 0 aromatic heterocycles. The van der Waals surface area contributed by atoms with Crippen molar-refractivity contribution in [2.24, 2.45) is 0 Å². The van der Waals surface area contributed by atoms with Gasteiger partial charge in [-0.25, -0.2) is 0 Å². The number of nitrogens with zero attached hydrogens (tertiary/aromatic N) is 2. The standard InChI is InChI=1S/C21H25N5O4/c27-17-5-4-16(19(28)24-17)26-20(29)15-3-1-2-12(18(15)21(26)30)8-22-9-14-10-23-13-6-7-25(14)11-13/h1-3,13-14,16,22-23H,4-11H2,(H,24,27,28). The van der Waals surface area contributed by atoms with Gasteiger partial charge in [0, 0.05) is 51.2 Å². The predicted molar refractivity (Wildman–Crippen MR) is 107 cm³/mol. The molecule has 0 radical (unpaired) electrons. The molecule has 4 amide bonds. The molecule has 158 valence electrons. The molecule has 1 aromatic rings. The summed E-state index contributed by atoms with van der Waals surface area (Å²) in [5, 5.41) is 9.23. The van der Waals surface area contributed by atoms with Crippen molar-refractivity contribution in [1.29, 1.82) is 0 Å². The molecular weight excluding hydrogens is 386 g/mol. The van der Waals surface area contributed by atoms with Gasteiger partial charge in [-0.05, 0) is 24.5 Å². The van der Waals surface area contributed by atoms with Crippen LogP contribution in [0.15, 0.2) is 18.2 Å². The van der Waals surface area contributed by atoms with Crippen LogP contribution in [0.2, 0.25) is 0 Å². The highest BCUT2D eigenvalue weighted by molar-refractivity contribution is 6.24. The van der Waals surface area contributed by atoms with E-state index < -0.39 is 23.8 Å². The molecule has 4 heterocycles. The average molecular weight is 411 g/mol. The van der Waals surface area contributed by atoms with Gasteiger partial charge < -0.3 is 10.6 Å². The van der Waals surface area contributed by atoms with Crippen LogP contribution >= 0.6 is 0 Å². The number of piperazine rings is 1. The third-order valence-corrected chi connectivity index (χ3v) is 6.63. The van der Waals surface area contributed by atoms with Crippen LogP contribution in [0.25, 0.3) is 0 Å². The van der Waals surface area contributed by atoms with Gasteiger partial charge in [-0.2, -0.15) is 0 Å². The van der Waals surface area contributed by atoms with E-state index in [1.54, 1.807) is 12.1 Å². The lowest BCUT2D eigenvalue weighted by Crippen LogP contribution is -2.54. The summed E-state index contributed by atoms with van der Waals surface area (Å²) < 4.78 is 0. The number of hydrogen-bond acceptors (Lipinski definition) is 7. The fraction of sp³-hybridized carbons (Fsp3) is 0.524. The van der Waals surface area contributed by atoms with E-state index in [1.807, 2.05) is 6.07 Å². The van der Waals surface area contributed by atoms with Crippen molar-refractivity contribution in [3.05, 3.63) is 34.9 Å². The van der Waals surface area contributed by atoms with Crippen molar-refractivity contribution in [3.63, 3.8) is 0 Å². The molecule has 9 heteroatoms. The minimum Gasteiger partial charge on any atom is -0.311 e. The van der Waals surface area contributed by atoms with Crippen LogP contribution in [0, 0.1) is 0 Å². The van der Waals surface area contributed by atoms with Crippen molar-refractivity contribution >= 4 is 23.6 Å². The molecule has 4 aliphatic heterocycles. The molecule has 0 spiro atoms. The second-order valence-electron chi connectivity index (χ2n) is 8.46. The molecular formula is C21H25N5O4. The number of rotatable bonds is 5. The lowest BCUT2D eigenvalue weighted by molar-refractivity contribution is -0.136. The van der Waals surface area contributed by atoms with E-state index in [0.717, 1.165) is 36.6 Å². The molecule has 4 unspecified atom stereocenters. The summed E-state index contributed by atoms with van der Waals surface area (Å²) >= 11 is 0. The Balaban J connectivity index is 1.29. The summed E-state index contributed by atoms with van der Waals surface area (Å²) in [6, 6.07) is 5.32. The minimum atomic E-state index is -0.938. The normalized spacial score (nSPS) is 30.6. The number of benzene rings is 1. The van der Waals surface area contributed by atoms with E-state index >= 15 is 0 Å². The summed E-state index contributed by atoms with van der Waals surface area (Å²) in [4.78, 5) is 53.2. The number of imide groups is 2. The topological polar surface area (TPSA) is 111 Å². The third kappa shape index (κ3) is 3.23. The van der Waals surface area contributed by atoms with Crippen molar-refractivity contribution < 1.29 is 19.2 Å². The van der Waals surface area contributed by atoms with Gasteiger partial charge >= 0.3 is 0 Å². The Labute approximate surface area is 174 Å². The molecule has 4 atom stereocenters. The molecule has 9 nitrogen and oxygen atoms in total. The lowest BCUT2D eigenvalue weighted by Gasteiger charge is -2.33. The smallest absolute Gasteiger partial charge is 0.262 e. The average Bonchev–Trinajstić information content (AvgIpc) is 3.23. The Morgan fingerprint density at radius 2 is 1.97 bits per heavy atom. The molecule has 3 saturated heterocycles. The number of carbonyl (C=O) groups excluding carboxylic acids is 4. The molecule has 2 bridgehead atoms. The first-order valence-corrected chi connectivity index (χ1v) is 10.5. The van der Waals surface area contributed by atoms with Crippen LogP contribution in [-0.2, 0) is 16.1 Å².